The molecule has 0 aliphatic heterocycles. The van der Waals surface area contributed by atoms with Crippen molar-refractivity contribution in [2.24, 2.45) is 5.41 Å². The highest BCUT2D eigenvalue weighted by molar-refractivity contribution is 6.05. The van der Waals surface area contributed by atoms with Gasteiger partial charge in [0.15, 0.2) is 0 Å². The van der Waals surface area contributed by atoms with Crippen LogP contribution in [0, 0.1) is 5.41 Å². The van der Waals surface area contributed by atoms with Crippen LogP contribution in [-0.4, -0.2) is 18.4 Å². The van der Waals surface area contributed by atoms with Gasteiger partial charge in [-0.25, -0.2) is 0 Å². The van der Waals surface area contributed by atoms with E-state index in [0.29, 0.717) is 25.9 Å². The first-order valence-corrected chi connectivity index (χ1v) is 6.49. The van der Waals surface area contributed by atoms with E-state index in [0.717, 1.165) is 25.7 Å². The molecule has 17 heavy (non-hydrogen) atoms. The fourth-order valence-electron chi connectivity index (χ4n) is 2.50. The third-order valence-electron chi connectivity index (χ3n) is 3.47. The summed E-state index contributed by atoms with van der Waals surface area (Å²) in [5, 5.41) is 0. The molecule has 0 N–H and O–H groups in total. The van der Waals surface area contributed by atoms with Crippen LogP contribution in [0.15, 0.2) is 12.7 Å². The molecular weight excluding hydrogens is 216 g/mol. The fourth-order valence-corrected chi connectivity index (χ4v) is 2.50. The molecule has 0 aromatic carbocycles. The molecule has 96 valence electrons. The van der Waals surface area contributed by atoms with E-state index in [1.54, 1.807) is 6.92 Å². The van der Waals surface area contributed by atoms with E-state index in [1.165, 1.54) is 0 Å². The van der Waals surface area contributed by atoms with Crippen LogP contribution in [0.5, 0.6) is 0 Å². The summed E-state index contributed by atoms with van der Waals surface area (Å²) >= 11 is 0. The highest BCUT2D eigenvalue weighted by Gasteiger charge is 2.48. The second-order valence-corrected chi connectivity index (χ2v) is 4.61. The number of Topliss-reactive ketones (excluding diaryl/α,β-unsaturated/α-hetero) is 1. The van der Waals surface area contributed by atoms with Crippen molar-refractivity contribution in [1.29, 1.82) is 0 Å². The summed E-state index contributed by atoms with van der Waals surface area (Å²) in [5.41, 5.74) is -0.822. The third kappa shape index (κ3) is 3.18. The molecule has 0 saturated heterocycles. The Bertz CT molecular complexity index is 296. The lowest BCUT2D eigenvalue weighted by atomic mass is 9.80. The minimum absolute atomic E-state index is 0.0783. The Morgan fingerprint density at radius 2 is 2.29 bits per heavy atom. The number of hydrogen-bond acceptors (Lipinski definition) is 3. The Kier molecular flexibility index (Phi) is 5.39. The Morgan fingerprint density at radius 1 is 1.53 bits per heavy atom. The number of esters is 1. The molecule has 3 heteroatoms. The van der Waals surface area contributed by atoms with E-state index >= 15 is 0 Å². The summed E-state index contributed by atoms with van der Waals surface area (Å²) in [6, 6.07) is 0. The highest BCUT2D eigenvalue weighted by atomic mass is 16.5. The van der Waals surface area contributed by atoms with E-state index < -0.39 is 5.41 Å². The Hall–Kier alpha value is -1.12. The topological polar surface area (TPSA) is 43.4 Å². The van der Waals surface area contributed by atoms with Crippen LogP contribution < -0.4 is 0 Å². The number of hydrogen-bond donors (Lipinski definition) is 0. The molecular formula is C14H22O3. The van der Waals surface area contributed by atoms with Crippen molar-refractivity contribution in [2.45, 2.75) is 51.9 Å². The van der Waals surface area contributed by atoms with Gasteiger partial charge in [-0.3, -0.25) is 9.59 Å². The molecule has 0 unspecified atom stereocenters. The summed E-state index contributed by atoms with van der Waals surface area (Å²) in [7, 11) is 0. The molecule has 1 saturated carbocycles. The van der Waals surface area contributed by atoms with Crippen LogP contribution in [-0.2, 0) is 14.3 Å². The molecule has 0 amide bonds. The Morgan fingerprint density at radius 3 is 2.82 bits per heavy atom. The second-order valence-electron chi connectivity index (χ2n) is 4.61. The number of rotatable bonds is 7. The van der Waals surface area contributed by atoms with Crippen LogP contribution in [0.25, 0.3) is 0 Å². The lowest BCUT2D eigenvalue weighted by Crippen LogP contribution is -2.36. The number of ketones is 1. The summed E-state index contributed by atoms with van der Waals surface area (Å²) < 4.78 is 5.08. The van der Waals surface area contributed by atoms with Gasteiger partial charge < -0.3 is 4.74 Å². The van der Waals surface area contributed by atoms with Crippen molar-refractivity contribution in [1.82, 2.24) is 0 Å². The lowest BCUT2D eigenvalue weighted by molar-refractivity contribution is -0.159. The van der Waals surface area contributed by atoms with Gasteiger partial charge in [-0.05, 0) is 39.0 Å². The molecule has 0 aromatic rings. The predicted molar refractivity (Wildman–Crippen MR) is 66.6 cm³/mol. The molecule has 0 radical (unpaired) electrons. The number of carbonyl (C=O) groups excluding carboxylic acids is 2. The monoisotopic (exact) mass is 238 g/mol. The summed E-state index contributed by atoms with van der Waals surface area (Å²) in [6.07, 6.45) is 7.33. The average Bonchev–Trinajstić information content (AvgIpc) is 2.68. The van der Waals surface area contributed by atoms with Gasteiger partial charge in [0.05, 0.1) is 6.61 Å². The number of carbonyl (C=O) groups is 2. The number of ether oxygens (including phenoxy) is 1. The molecule has 1 atom stereocenters. The van der Waals surface area contributed by atoms with Crippen molar-refractivity contribution >= 4 is 11.8 Å². The lowest BCUT2D eigenvalue weighted by Gasteiger charge is -2.24. The molecule has 1 rings (SSSR count). The summed E-state index contributed by atoms with van der Waals surface area (Å²) in [5.74, 6) is -0.226. The van der Waals surface area contributed by atoms with Gasteiger partial charge in [0.1, 0.15) is 11.2 Å². The maximum atomic E-state index is 12.0. The molecule has 0 aromatic heterocycles. The van der Waals surface area contributed by atoms with Gasteiger partial charge in [-0.2, -0.15) is 0 Å². The average molecular weight is 238 g/mol. The summed E-state index contributed by atoms with van der Waals surface area (Å²) in [6.45, 7) is 5.80. The molecule has 3 nitrogen and oxygen atoms in total. The quantitative estimate of drug-likeness (QED) is 0.296. The van der Waals surface area contributed by atoms with Gasteiger partial charge in [-0.15, -0.1) is 6.58 Å². The first kappa shape index (κ1) is 13.9. The van der Waals surface area contributed by atoms with Gasteiger partial charge in [-0.1, -0.05) is 12.5 Å². The van der Waals surface area contributed by atoms with E-state index in [1.807, 2.05) is 6.08 Å². The third-order valence-corrected chi connectivity index (χ3v) is 3.47. The van der Waals surface area contributed by atoms with E-state index in [-0.39, 0.29) is 11.8 Å². The minimum atomic E-state index is -0.822. The van der Waals surface area contributed by atoms with E-state index in [4.69, 9.17) is 4.74 Å². The van der Waals surface area contributed by atoms with Crippen molar-refractivity contribution in [3.8, 4) is 0 Å². The molecule has 0 heterocycles. The SMILES string of the molecule is C=CCCCC[C@]1(C(=O)OCC)CCCC1=O. The zero-order valence-electron chi connectivity index (χ0n) is 10.7. The molecule has 0 bridgehead atoms. The van der Waals surface area contributed by atoms with E-state index in [9.17, 15) is 9.59 Å². The fraction of sp³-hybridized carbons (Fsp3) is 0.714. The number of unbranched alkanes of at least 4 members (excludes halogenated alkanes) is 2. The van der Waals surface area contributed by atoms with Crippen LogP contribution in [0.3, 0.4) is 0 Å². The first-order chi connectivity index (χ1) is 8.17. The molecule has 1 aliphatic carbocycles. The van der Waals surface area contributed by atoms with Gasteiger partial charge in [0, 0.05) is 6.42 Å². The zero-order chi connectivity index (χ0) is 12.7. The zero-order valence-corrected chi connectivity index (χ0v) is 10.7. The largest absolute Gasteiger partial charge is 0.465 e. The minimum Gasteiger partial charge on any atom is -0.465 e. The normalized spacial score (nSPS) is 23.7. The Labute approximate surface area is 103 Å². The molecule has 1 fully saturated rings. The van der Waals surface area contributed by atoms with Crippen molar-refractivity contribution < 1.29 is 14.3 Å². The van der Waals surface area contributed by atoms with Crippen molar-refractivity contribution in [3.63, 3.8) is 0 Å². The van der Waals surface area contributed by atoms with E-state index in [2.05, 4.69) is 6.58 Å². The smallest absolute Gasteiger partial charge is 0.319 e. The number of allylic oxidation sites excluding steroid dienone is 1. The predicted octanol–water partition coefficient (Wildman–Crippen LogP) is 3.04. The summed E-state index contributed by atoms with van der Waals surface area (Å²) in [4.78, 5) is 23.9. The highest BCUT2D eigenvalue weighted by Crippen LogP contribution is 2.40. The second kappa shape index (κ2) is 6.58. The van der Waals surface area contributed by atoms with Crippen LogP contribution in [0.4, 0.5) is 0 Å². The van der Waals surface area contributed by atoms with Gasteiger partial charge >= 0.3 is 5.97 Å². The van der Waals surface area contributed by atoms with Gasteiger partial charge in [0.25, 0.3) is 0 Å². The van der Waals surface area contributed by atoms with Crippen molar-refractivity contribution in [3.05, 3.63) is 12.7 Å². The standard InChI is InChI=1S/C14H22O3/c1-3-5-6-7-10-14(13(16)17-4-2)11-8-9-12(14)15/h3H,1,4-11H2,2H3/t14-/m0/s1. The molecule has 0 spiro atoms. The molecule has 1 aliphatic rings. The van der Waals surface area contributed by atoms with Crippen LogP contribution >= 0.6 is 0 Å². The Balaban J connectivity index is 2.62. The van der Waals surface area contributed by atoms with Crippen molar-refractivity contribution in [2.75, 3.05) is 6.61 Å². The maximum Gasteiger partial charge on any atom is 0.319 e. The maximum absolute atomic E-state index is 12.0. The first-order valence-electron chi connectivity index (χ1n) is 6.49. The van der Waals surface area contributed by atoms with Crippen LogP contribution in [0.1, 0.15) is 51.9 Å². The van der Waals surface area contributed by atoms with Gasteiger partial charge in [0.2, 0.25) is 0 Å². The van der Waals surface area contributed by atoms with Crippen LogP contribution in [0.2, 0.25) is 0 Å².